The van der Waals surface area contributed by atoms with Crippen LogP contribution in [0.25, 0.3) is 0 Å². The van der Waals surface area contributed by atoms with E-state index in [0.717, 1.165) is 17.0 Å². The standard InChI is InChI=1S/C11H14F3NOS/c1-16-9(6-15)7-17-10-4-2-8(3-5-10)11(12,13)14/h2-5,9H,6-7,15H2,1H3. The van der Waals surface area contributed by atoms with E-state index < -0.39 is 11.7 Å². The number of methoxy groups -OCH3 is 1. The van der Waals surface area contributed by atoms with Crippen LogP contribution in [0.4, 0.5) is 13.2 Å². The van der Waals surface area contributed by atoms with Crippen molar-refractivity contribution in [1.29, 1.82) is 0 Å². The smallest absolute Gasteiger partial charge is 0.379 e. The van der Waals surface area contributed by atoms with Gasteiger partial charge in [0.25, 0.3) is 0 Å². The Morgan fingerprint density at radius 1 is 1.29 bits per heavy atom. The van der Waals surface area contributed by atoms with Crippen LogP contribution in [0.5, 0.6) is 0 Å². The first-order chi connectivity index (χ1) is 7.97. The third kappa shape index (κ3) is 4.57. The summed E-state index contributed by atoms with van der Waals surface area (Å²) >= 11 is 1.42. The molecule has 0 saturated heterocycles. The molecule has 0 aliphatic heterocycles. The molecule has 1 aromatic carbocycles. The van der Waals surface area contributed by atoms with Crippen molar-refractivity contribution in [3.05, 3.63) is 29.8 Å². The summed E-state index contributed by atoms with van der Waals surface area (Å²) < 4.78 is 42.0. The summed E-state index contributed by atoms with van der Waals surface area (Å²) in [4.78, 5) is 0.772. The average molecular weight is 265 g/mol. The molecule has 0 aliphatic rings. The highest BCUT2D eigenvalue weighted by molar-refractivity contribution is 7.99. The molecule has 2 nitrogen and oxygen atoms in total. The third-order valence-electron chi connectivity index (χ3n) is 2.21. The van der Waals surface area contributed by atoms with E-state index in [1.54, 1.807) is 7.11 Å². The van der Waals surface area contributed by atoms with Crippen molar-refractivity contribution in [1.82, 2.24) is 0 Å². The van der Waals surface area contributed by atoms with Gasteiger partial charge in [0.1, 0.15) is 0 Å². The normalized spacial score (nSPS) is 13.7. The SMILES string of the molecule is COC(CN)CSc1ccc(C(F)(F)F)cc1. The Labute approximate surface area is 102 Å². The number of hydrogen-bond donors (Lipinski definition) is 1. The molecule has 6 heteroatoms. The minimum Gasteiger partial charge on any atom is -0.379 e. The highest BCUT2D eigenvalue weighted by Gasteiger charge is 2.29. The molecule has 1 aromatic rings. The topological polar surface area (TPSA) is 35.2 Å². The lowest BCUT2D eigenvalue weighted by atomic mass is 10.2. The van der Waals surface area contributed by atoms with E-state index in [0.29, 0.717) is 12.3 Å². The quantitative estimate of drug-likeness (QED) is 0.831. The molecule has 0 aromatic heterocycles. The van der Waals surface area contributed by atoms with E-state index in [1.165, 1.54) is 23.9 Å². The zero-order chi connectivity index (χ0) is 12.9. The van der Waals surface area contributed by atoms with Crippen molar-refractivity contribution in [2.75, 3.05) is 19.4 Å². The average Bonchev–Trinajstić information content (AvgIpc) is 2.30. The van der Waals surface area contributed by atoms with Crippen molar-refractivity contribution >= 4 is 11.8 Å². The number of halogens is 3. The molecule has 0 fully saturated rings. The lowest BCUT2D eigenvalue weighted by Crippen LogP contribution is -2.24. The molecule has 0 spiro atoms. The van der Waals surface area contributed by atoms with Gasteiger partial charge in [-0.15, -0.1) is 11.8 Å². The van der Waals surface area contributed by atoms with Gasteiger partial charge < -0.3 is 10.5 Å². The van der Waals surface area contributed by atoms with E-state index in [9.17, 15) is 13.2 Å². The highest BCUT2D eigenvalue weighted by atomic mass is 32.2. The second kappa shape index (κ2) is 6.28. The Morgan fingerprint density at radius 3 is 2.29 bits per heavy atom. The Morgan fingerprint density at radius 2 is 1.88 bits per heavy atom. The van der Waals surface area contributed by atoms with Crippen LogP contribution in [0.3, 0.4) is 0 Å². The van der Waals surface area contributed by atoms with E-state index >= 15 is 0 Å². The van der Waals surface area contributed by atoms with Gasteiger partial charge in [0, 0.05) is 24.3 Å². The summed E-state index contributed by atoms with van der Waals surface area (Å²) in [5.41, 5.74) is 4.81. The molecule has 17 heavy (non-hydrogen) atoms. The van der Waals surface area contributed by atoms with Crippen molar-refractivity contribution in [2.45, 2.75) is 17.2 Å². The number of alkyl halides is 3. The highest BCUT2D eigenvalue weighted by Crippen LogP contribution is 2.30. The van der Waals surface area contributed by atoms with Gasteiger partial charge in [-0.2, -0.15) is 13.2 Å². The number of nitrogens with two attached hydrogens (primary N) is 1. The summed E-state index contributed by atoms with van der Waals surface area (Å²) in [5.74, 6) is 0.623. The monoisotopic (exact) mass is 265 g/mol. The summed E-state index contributed by atoms with van der Waals surface area (Å²) in [5, 5.41) is 0. The Kier molecular flexibility index (Phi) is 5.30. The van der Waals surface area contributed by atoms with Gasteiger partial charge in [0.2, 0.25) is 0 Å². The second-order valence-corrected chi connectivity index (χ2v) is 4.52. The minimum atomic E-state index is -4.28. The summed E-state index contributed by atoms with van der Waals surface area (Å²) in [6.45, 7) is 0.393. The van der Waals surface area contributed by atoms with Crippen LogP contribution in [-0.2, 0) is 10.9 Å². The van der Waals surface area contributed by atoms with Gasteiger partial charge in [-0.1, -0.05) is 0 Å². The maximum atomic E-state index is 12.3. The van der Waals surface area contributed by atoms with Gasteiger partial charge >= 0.3 is 6.18 Å². The summed E-state index contributed by atoms with van der Waals surface area (Å²) in [7, 11) is 1.56. The van der Waals surface area contributed by atoms with Crippen LogP contribution >= 0.6 is 11.8 Å². The first-order valence-corrected chi connectivity index (χ1v) is 5.99. The predicted molar refractivity (Wildman–Crippen MR) is 62.0 cm³/mol. The molecule has 2 N–H and O–H groups in total. The Hall–Kier alpha value is -0.720. The molecule has 0 heterocycles. The van der Waals surface area contributed by atoms with Gasteiger partial charge in [-0.25, -0.2) is 0 Å². The number of benzene rings is 1. The lowest BCUT2D eigenvalue weighted by molar-refractivity contribution is -0.137. The molecule has 0 aliphatic carbocycles. The van der Waals surface area contributed by atoms with Crippen molar-refractivity contribution in [3.63, 3.8) is 0 Å². The minimum absolute atomic E-state index is 0.0812. The molecule has 96 valence electrons. The van der Waals surface area contributed by atoms with E-state index in [4.69, 9.17) is 10.5 Å². The third-order valence-corrected chi connectivity index (χ3v) is 3.36. The molecule has 0 radical (unpaired) electrons. The van der Waals surface area contributed by atoms with Gasteiger partial charge in [-0.05, 0) is 24.3 Å². The van der Waals surface area contributed by atoms with Gasteiger partial charge in [0.15, 0.2) is 0 Å². The molecular weight excluding hydrogens is 251 g/mol. The van der Waals surface area contributed by atoms with Gasteiger partial charge in [0.05, 0.1) is 11.7 Å². The fourth-order valence-electron chi connectivity index (χ4n) is 1.16. The van der Waals surface area contributed by atoms with Crippen LogP contribution < -0.4 is 5.73 Å². The molecule has 0 bridgehead atoms. The largest absolute Gasteiger partial charge is 0.416 e. The van der Waals surface area contributed by atoms with E-state index in [-0.39, 0.29) is 6.10 Å². The van der Waals surface area contributed by atoms with Crippen LogP contribution in [0.1, 0.15) is 5.56 Å². The first kappa shape index (κ1) is 14.3. The molecule has 0 amide bonds. The fraction of sp³-hybridized carbons (Fsp3) is 0.455. The number of ether oxygens (including phenoxy) is 1. The molecule has 1 rings (SSSR count). The van der Waals surface area contributed by atoms with Gasteiger partial charge in [-0.3, -0.25) is 0 Å². The first-order valence-electron chi connectivity index (χ1n) is 5.00. The van der Waals surface area contributed by atoms with Crippen molar-refractivity contribution in [2.24, 2.45) is 5.73 Å². The zero-order valence-electron chi connectivity index (χ0n) is 9.33. The second-order valence-electron chi connectivity index (χ2n) is 3.43. The number of thioether (sulfide) groups is 1. The molecule has 0 saturated carbocycles. The molecule has 1 unspecified atom stereocenters. The lowest BCUT2D eigenvalue weighted by Gasteiger charge is -2.12. The van der Waals surface area contributed by atoms with Crippen LogP contribution in [0.15, 0.2) is 29.2 Å². The van der Waals surface area contributed by atoms with E-state index in [2.05, 4.69) is 0 Å². The van der Waals surface area contributed by atoms with Crippen molar-refractivity contribution in [3.8, 4) is 0 Å². The van der Waals surface area contributed by atoms with Crippen LogP contribution in [0, 0.1) is 0 Å². The van der Waals surface area contributed by atoms with Crippen LogP contribution in [-0.4, -0.2) is 25.5 Å². The molecular formula is C11H14F3NOS. The summed E-state index contributed by atoms with van der Waals surface area (Å²) in [6, 6.07) is 5.06. The predicted octanol–water partition coefficient (Wildman–Crippen LogP) is 2.77. The zero-order valence-corrected chi connectivity index (χ0v) is 10.1. The maximum Gasteiger partial charge on any atom is 0.416 e. The van der Waals surface area contributed by atoms with E-state index in [1.807, 2.05) is 0 Å². The Bertz CT molecular complexity index is 336. The van der Waals surface area contributed by atoms with Crippen LogP contribution in [0.2, 0.25) is 0 Å². The Balaban J connectivity index is 2.57. The maximum absolute atomic E-state index is 12.3. The summed E-state index contributed by atoms with van der Waals surface area (Å²) in [6.07, 6.45) is -4.36. The molecule has 1 atom stereocenters. The fourth-order valence-corrected chi connectivity index (χ4v) is 2.14. The van der Waals surface area contributed by atoms with Crippen molar-refractivity contribution < 1.29 is 17.9 Å². The number of hydrogen-bond acceptors (Lipinski definition) is 3. The number of rotatable bonds is 5.